The maximum Gasteiger partial charge on any atom is 0.164 e. The van der Waals surface area contributed by atoms with E-state index in [-0.39, 0.29) is 11.6 Å². The van der Waals surface area contributed by atoms with Gasteiger partial charge in [0.05, 0.1) is 0 Å². The summed E-state index contributed by atoms with van der Waals surface area (Å²) in [5.41, 5.74) is 0.474. The first-order chi connectivity index (χ1) is 9.47. The Bertz CT molecular complexity index is 475. The molecule has 1 heterocycles. The van der Waals surface area contributed by atoms with Crippen LogP contribution in [0.4, 0.5) is 4.39 Å². The summed E-state index contributed by atoms with van der Waals surface area (Å²) >= 11 is 0. The molecule has 3 nitrogen and oxygen atoms in total. The number of halogens is 1. The summed E-state index contributed by atoms with van der Waals surface area (Å²) in [6, 6.07) is 6.50. The average molecular weight is 278 g/mol. The number of carbonyl (C=O) groups excluding carboxylic acids is 1. The van der Waals surface area contributed by atoms with Crippen molar-refractivity contribution in [3.8, 4) is 0 Å². The average Bonchev–Trinajstić information content (AvgIpc) is 2.77. The van der Waals surface area contributed by atoms with Crippen LogP contribution >= 0.6 is 0 Å². The van der Waals surface area contributed by atoms with Gasteiger partial charge in [0, 0.05) is 37.7 Å². The third-order valence-corrected chi connectivity index (χ3v) is 4.11. The van der Waals surface area contributed by atoms with Gasteiger partial charge in [0.25, 0.3) is 0 Å². The molecule has 0 aromatic heterocycles. The molecule has 0 spiro atoms. The highest BCUT2D eigenvalue weighted by atomic mass is 19.1. The van der Waals surface area contributed by atoms with E-state index < -0.39 is 0 Å². The van der Waals surface area contributed by atoms with Gasteiger partial charge in [-0.05, 0) is 32.1 Å². The van der Waals surface area contributed by atoms with Gasteiger partial charge in [0.2, 0.25) is 0 Å². The smallest absolute Gasteiger partial charge is 0.164 e. The van der Waals surface area contributed by atoms with Crippen LogP contribution in [0.25, 0.3) is 0 Å². The second kappa shape index (κ2) is 6.46. The first kappa shape index (κ1) is 15.1. The van der Waals surface area contributed by atoms with E-state index in [2.05, 4.69) is 30.8 Å². The number of likely N-dealkylation sites (N-methyl/N-ethyl adjacent to an activating group) is 1. The highest BCUT2D eigenvalue weighted by Crippen LogP contribution is 2.20. The summed E-state index contributed by atoms with van der Waals surface area (Å²) in [5.74, 6) is 0.290. The second-order valence-electron chi connectivity index (χ2n) is 5.95. The molecular formula is C16H23FN2O. The van der Waals surface area contributed by atoms with E-state index in [1.807, 2.05) is 0 Å². The highest BCUT2D eigenvalue weighted by Gasteiger charge is 2.30. The summed E-state index contributed by atoms with van der Waals surface area (Å²) in [7, 11) is 4.20. The highest BCUT2D eigenvalue weighted by molar-refractivity contribution is 5.96. The second-order valence-corrected chi connectivity index (χ2v) is 5.95. The molecule has 2 unspecified atom stereocenters. The number of rotatable bonds is 5. The largest absolute Gasteiger partial charge is 0.305 e. The lowest BCUT2D eigenvalue weighted by Crippen LogP contribution is -2.34. The monoisotopic (exact) mass is 278 g/mol. The summed E-state index contributed by atoms with van der Waals surface area (Å²) in [6.07, 6.45) is 0.455. The molecule has 0 amide bonds. The molecule has 1 aliphatic rings. The standard InChI is InChI=1S/C16H23FN2O/c1-12-10-19(11-15(12)18(2)3)8-7-16(20)13-5-4-6-14(17)9-13/h4-6,9,12,15H,7-8,10-11H2,1-3H3. The molecule has 110 valence electrons. The lowest BCUT2D eigenvalue weighted by Gasteiger charge is -2.22. The van der Waals surface area contributed by atoms with Crippen molar-refractivity contribution in [3.63, 3.8) is 0 Å². The summed E-state index contributed by atoms with van der Waals surface area (Å²) in [4.78, 5) is 16.6. The van der Waals surface area contributed by atoms with Gasteiger partial charge in [-0.3, -0.25) is 4.79 Å². The summed E-state index contributed by atoms with van der Waals surface area (Å²) in [5, 5.41) is 0. The van der Waals surface area contributed by atoms with E-state index in [4.69, 9.17) is 0 Å². The van der Waals surface area contributed by atoms with Crippen LogP contribution in [0.2, 0.25) is 0 Å². The van der Waals surface area contributed by atoms with Crippen LogP contribution in [-0.2, 0) is 0 Å². The number of hydrogen-bond donors (Lipinski definition) is 0. The molecule has 1 fully saturated rings. The van der Waals surface area contributed by atoms with Crippen molar-refractivity contribution in [2.45, 2.75) is 19.4 Å². The van der Waals surface area contributed by atoms with Crippen molar-refractivity contribution in [3.05, 3.63) is 35.6 Å². The van der Waals surface area contributed by atoms with E-state index in [9.17, 15) is 9.18 Å². The normalized spacial score (nSPS) is 23.4. The molecule has 0 aliphatic carbocycles. The topological polar surface area (TPSA) is 23.6 Å². The number of ketones is 1. The number of hydrogen-bond acceptors (Lipinski definition) is 3. The SMILES string of the molecule is CC1CN(CCC(=O)c2cccc(F)c2)CC1N(C)C. The Balaban J connectivity index is 1.86. The fourth-order valence-corrected chi connectivity index (χ4v) is 2.97. The fraction of sp³-hybridized carbons (Fsp3) is 0.562. The van der Waals surface area contributed by atoms with Gasteiger partial charge >= 0.3 is 0 Å². The maximum atomic E-state index is 13.1. The van der Waals surface area contributed by atoms with Crippen molar-refractivity contribution in [1.29, 1.82) is 0 Å². The minimum Gasteiger partial charge on any atom is -0.305 e. The van der Waals surface area contributed by atoms with Crippen molar-refractivity contribution < 1.29 is 9.18 Å². The van der Waals surface area contributed by atoms with Crippen LogP contribution in [-0.4, -0.2) is 55.4 Å². The van der Waals surface area contributed by atoms with Crippen LogP contribution in [0, 0.1) is 11.7 Å². The Hall–Kier alpha value is -1.26. The lowest BCUT2D eigenvalue weighted by atomic mass is 10.1. The number of likely N-dealkylation sites (tertiary alicyclic amines) is 1. The third-order valence-electron chi connectivity index (χ3n) is 4.11. The predicted molar refractivity (Wildman–Crippen MR) is 78.4 cm³/mol. The zero-order valence-electron chi connectivity index (χ0n) is 12.5. The molecule has 4 heteroatoms. The van der Waals surface area contributed by atoms with Gasteiger partial charge in [0.1, 0.15) is 5.82 Å². The molecule has 1 aliphatic heterocycles. The Kier molecular flexibility index (Phi) is 4.89. The Morgan fingerprint density at radius 3 is 2.75 bits per heavy atom. The Labute approximate surface area is 120 Å². The van der Waals surface area contributed by atoms with E-state index in [0.717, 1.165) is 19.6 Å². The number of nitrogens with zero attached hydrogens (tertiary/aromatic N) is 2. The van der Waals surface area contributed by atoms with Crippen LogP contribution in [0.5, 0.6) is 0 Å². The Morgan fingerprint density at radius 1 is 1.40 bits per heavy atom. The van der Waals surface area contributed by atoms with Gasteiger partial charge in [0.15, 0.2) is 5.78 Å². The summed E-state index contributed by atoms with van der Waals surface area (Å²) in [6.45, 7) is 5.03. The van der Waals surface area contributed by atoms with Gasteiger partial charge < -0.3 is 9.80 Å². The molecular weight excluding hydrogens is 255 g/mol. The van der Waals surface area contributed by atoms with Crippen LogP contribution < -0.4 is 0 Å². The molecule has 0 radical (unpaired) electrons. The Morgan fingerprint density at radius 2 is 2.15 bits per heavy atom. The zero-order chi connectivity index (χ0) is 14.7. The van der Waals surface area contributed by atoms with Crippen LogP contribution in [0.15, 0.2) is 24.3 Å². The van der Waals surface area contributed by atoms with Crippen molar-refractivity contribution in [2.75, 3.05) is 33.7 Å². The van der Waals surface area contributed by atoms with Gasteiger partial charge in [-0.25, -0.2) is 4.39 Å². The van der Waals surface area contributed by atoms with Gasteiger partial charge in [-0.1, -0.05) is 19.1 Å². The quantitative estimate of drug-likeness (QED) is 0.772. The minimum atomic E-state index is -0.349. The predicted octanol–water partition coefficient (Wildman–Crippen LogP) is 2.28. The summed E-state index contributed by atoms with van der Waals surface area (Å²) < 4.78 is 13.1. The maximum absolute atomic E-state index is 13.1. The molecule has 2 rings (SSSR count). The van der Waals surface area contributed by atoms with Gasteiger partial charge in [-0.15, -0.1) is 0 Å². The van der Waals surface area contributed by atoms with Crippen molar-refractivity contribution >= 4 is 5.78 Å². The lowest BCUT2D eigenvalue weighted by molar-refractivity contribution is 0.0967. The molecule has 0 N–H and O–H groups in total. The van der Waals surface area contributed by atoms with Crippen LogP contribution in [0.1, 0.15) is 23.7 Å². The molecule has 2 atom stereocenters. The molecule has 1 saturated heterocycles. The number of carbonyl (C=O) groups is 1. The van der Waals surface area contributed by atoms with E-state index in [0.29, 0.717) is 23.9 Å². The minimum absolute atomic E-state index is 0.0189. The first-order valence-corrected chi connectivity index (χ1v) is 7.15. The third kappa shape index (κ3) is 3.64. The van der Waals surface area contributed by atoms with E-state index >= 15 is 0 Å². The number of Topliss-reactive ketones (excluding diaryl/α,β-unsaturated/α-hetero) is 1. The molecule has 20 heavy (non-hydrogen) atoms. The van der Waals surface area contributed by atoms with E-state index in [1.165, 1.54) is 12.1 Å². The van der Waals surface area contributed by atoms with Crippen molar-refractivity contribution in [1.82, 2.24) is 9.80 Å². The molecule has 1 aromatic rings. The molecule has 1 aromatic carbocycles. The first-order valence-electron chi connectivity index (χ1n) is 7.15. The number of benzene rings is 1. The van der Waals surface area contributed by atoms with E-state index in [1.54, 1.807) is 12.1 Å². The van der Waals surface area contributed by atoms with Gasteiger partial charge in [-0.2, -0.15) is 0 Å². The van der Waals surface area contributed by atoms with Crippen LogP contribution in [0.3, 0.4) is 0 Å². The molecule has 0 saturated carbocycles. The molecule has 0 bridgehead atoms. The zero-order valence-corrected chi connectivity index (χ0v) is 12.5. The fourth-order valence-electron chi connectivity index (χ4n) is 2.97. The van der Waals surface area contributed by atoms with Crippen molar-refractivity contribution in [2.24, 2.45) is 5.92 Å².